The second-order valence-electron chi connectivity index (χ2n) is 4.30. The van der Waals surface area contributed by atoms with Gasteiger partial charge in [0.05, 0.1) is 6.61 Å². The van der Waals surface area contributed by atoms with Gasteiger partial charge in [0.25, 0.3) is 0 Å². The van der Waals surface area contributed by atoms with Crippen LogP contribution >= 0.6 is 0 Å². The van der Waals surface area contributed by atoms with Crippen LogP contribution in [0.4, 0.5) is 0 Å². The summed E-state index contributed by atoms with van der Waals surface area (Å²) in [5.74, 6) is 3.44. The zero-order valence-corrected chi connectivity index (χ0v) is 10.5. The fourth-order valence-corrected chi connectivity index (χ4v) is 1.99. The van der Waals surface area contributed by atoms with Crippen LogP contribution in [0, 0.1) is 12.3 Å². The van der Waals surface area contributed by atoms with Crippen LogP contribution in [0.15, 0.2) is 36.4 Å². The van der Waals surface area contributed by atoms with E-state index in [0.29, 0.717) is 13.0 Å². The lowest BCUT2D eigenvalue weighted by atomic mass is 10.0. The highest BCUT2D eigenvalue weighted by Gasteiger charge is 2.11. The van der Waals surface area contributed by atoms with Crippen molar-refractivity contribution in [3.05, 3.63) is 42.0 Å². The quantitative estimate of drug-likeness (QED) is 0.656. The van der Waals surface area contributed by atoms with Gasteiger partial charge in [-0.2, -0.15) is 0 Å². The third-order valence-electron chi connectivity index (χ3n) is 2.89. The lowest BCUT2D eigenvalue weighted by Crippen LogP contribution is -2.09. The first kappa shape index (κ1) is 12.5. The van der Waals surface area contributed by atoms with E-state index < -0.39 is 0 Å². The molecule has 0 heterocycles. The molecule has 2 heteroatoms. The van der Waals surface area contributed by atoms with Crippen LogP contribution in [0.2, 0.25) is 0 Å². The molecule has 2 rings (SSSR count). The van der Waals surface area contributed by atoms with Gasteiger partial charge in [0.15, 0.2) is 0 Å². The number of terminal acetylenes is 1. The molecule has 0 fully saturated rings. The van der Waals surface area contributed by atoms with E-state index in [1.807, 2.05) is 31.2 Å². The molecule has 0 spiro atoms. The second kappa shape index (κ2) is 5.57. The Morgan fingerprint density at radius 2 is 2.06 bits per heavy atom. The molecule has 2 aromatic carbocycles. The van der Waals surface area contributed by atoms with Gasteiger partial charge in [0.1, 0.15) is 5.75 Å². The summed E-state index contributed by atoms with van der Waals surface area (Å²) in [6, 6.07) is 12.2. The van der Waals surface area contributed by atoms with E-state index in [0.717, 1.165) is 22.1 Å². The summed E-state index contributed by atoms with van der Waals surface area (Å²) in [6.45, 7) is 2.47. The monoisotopic (exact) mass is 239 g/mol. The largest absolute Gasteiger partial charge is 0.492 e. The topological polar surface area (TPSA) is 35.2 Å². The molecule has 0 aliphatic carbocycles. The summed E-state index contributed by atoms with van der Waals surface area (Å²) in [5.41, 5.74) is 7.01. The molecule has 0 aliphatic heterocycles. The Morgan fingerprint density at radius 3 is 2.78 bits per heavy atom. The third kappa shape index (κ3) is 2.47. The van der Waals surface area contributed by atoms with Crippen LogP contribution in [-0.2, 0) is 0 Å². The zero-order valence-electron chi connectivity index (χ0n) is 10.5. The minimum absolute atomic E-state index is 0.0598. The van der Waals surface area contributed by atoms with E-state index in [2.05, 4.69) is 18.1 Å². The van der Waals surface area contributed by atoms with Gasteiger partial charge in [-0.25, -0.2) is 0 Å². The highest BCUT2D eigenvalue weighted by Crippen LogP contribution is 2.32. The van der Waals surface area contributed by atoms with Crippen molar-refractivity contribution in [2.24, 2.45) is 5.73 Å². The maximum Gasteiger partial charge on any atom is 0.131 e. The molecule has 92 valence electrons. The molecule has 0 amide bonds. The molecule has 0 aliphatic rings. The van der Waals surface area contributed by atoms with Gasteiger partial charge in [-0.05, 0) is 12.3 Å². The molecule has 2 N–H and O–H groups in total. The standard InChI is InChI=1S/C16H17NO/c1-3-4-11-18-16-14(12(2)17)10-9-13-7-5-6-8-15(13)16/h1,5-10,12H,4,11,17H2,2H3/t12-/m1/s1. The van der Waals surface area contributed by atoms with Crippen LogP contribution in [0.3, 0.4) is 0 Å². The Balaban J connectivity index is 2.49. The van der Waals surface area contributed by atoms with Crippen LogP contribution in [-0.4, -0.2) is 6.61 Å². The Kier molecular flexibility index (Phi) is 3.86. The zero-order chi connectivity index (χ0) is 13.0. The molecule has 0 bridgehead atoms. The van der Waals surface area contributed by atoms with Gasteiger partial charge in [0, 0.05) is 23.4 Å². The van der Waals surface area contributed by atoms with Crippen molar-refractivity contribution in [1.82, 2.24) is 0 Å². The number of hydrogen-bond donors (Lipinski definition) is 1. The molecule has 1 atom stereocenters. The fourth-order valence-electron chi connectivity index (χ4n) is 1.99. The smallest absolute Gasteiger partial charge is 0.131 e. The molecule has 0 saturated heterocycles. The Bertz CT molecular complexity index is 581. The van der Waals surface area contributed by atoms with Gasteiger partial charge < -0.3 is 10.5 Å². The summed E-state index contributed by atoms with van der Waals surface area (Å²) in [7, 11) is 0. The van der Waals surface area contributed by atoms with E-state index in [1.165, 1.54) is 0 Å². The molecular weight excluding hydrogens is 222 g/mol. The van der Waals surface area contributed by atoms with Gasteiger partial charge in [-0.3, -0.25) is 0 Å². The molecule has 18 heavy (non-hydrogen) atoms. The predicted molar refractivity (Wildman–Crippen MR) is 75.5 cm³/mol. The Labute approximate surface area is 108 Å². The van der Waals surface area contributed by atoms with E-state index in [4.69, 9.17) is 16.9 Å². The van der Waals surface area contributed by atoms with Crippen LogP contribution < -0.4 is 10.5 Å². The SMILES string of the molecule is C#CCCOc1c([C@@H](C)N)ccc2ccccc12. The minimum atomic E-state index is -0.0598. The van der Waals surface area contributed by atoms with Crippen molar-refractivity contribution in [2.45, 2.75) is 19.4 Å². The van der Waals surface area contributed by atoms with E-state index in [9.17, 15) is 0 Å². The van der Waals surface area contributed by atoms with Crippen molar-refractivity contribution >= 4 is 10.8 Å². The average molecular weight is 239 g/mol. The molecule has 2 nitrogen and oxygen atoms in total. The van der Waals surface area contributed by atoms with Crippen molar-refractivity contribution in [3.8, 4) is 18.1 Å². The van der Waals surface area contributed by atoms with E-state index >= 15 is 0 Å². The number of hydrogen-bond acceptors (Lipinski definition) is 2. The maximum atomic E-state index is 5.99. The van der Waals surface area contributed by atoms with E-state index in [1.54, 1.807) is 0 Å². The number of nitrogens with two attached hydrogens (primary N) is 1. The first-order chi connectivity index (χ1) is 8.74. The van der Waals surface area contributed by atoms with Gasteiger partial charge in [-0.1, -0.05) is 36.4 Å². The molecule has 0 unspecified atom stereocenters. The second-order valence-corrected chi connectivity index (χ2v) is 4.30. The van der Waals surface area contributed by atoms with Gasteiger partial charge in [-0.15, -0.1) is 12.3 Å². The number of ether oxygens (including phenoxy) is 1. The molecular formula is C16H17NO. The highest BCUT2D eigenvalue weighted by atomic mass is 16.5. The first-order valence-corrected chi connectivity index (χ1v) is 6.07. The van der Waals surface area contributed by atoms with Crippen molar-refractivity contribution < 1.29 is 4.74 Å². The summed E-state index contributed by atoms with van der Waals surface area (Å²) < 4.78 is 5.83. The van der Waals surface area contributed by atoms with Crippen molar-refractivity contribution in [2.75, 3.05) is 6.61 Å². The van der Waals surface area contributed by atoms with Gasteiger partial charge in [0.2, 0.25) is 0 Å². The van der Waals surface area contributed by atoms with Crippen molar-refractivity contribution in [1.29, 1.82) is 0 Å². The number of fused-ring (bicyclic) bond motifs is 1. The summed E-state index contributed by atoms with van der Waals surface area (Å²) in [5, 5.41) is 2.24. The predicted octanol–water partition coefficient (Wildman–Crippen LogP) is 3.26. The lowest BCUT2D eigenvalue weighted by Gasteiger charge is -2.16. The minimum Gasteiger partial charge on any atom is -0.492 e. The summed E-state index contributed by atoms with van der Waals surface area (Å²) in [6.07, 6.45) is 5.85. The first-order valence-electron chi connectivity index (χ1n) is 6.07. The third-order valence-corrected chi connectivity index (χ3v) is 2.89. The van der Waals surface area contributed by atoms with E-state index in [-0.39, 0.29) is 6.04 Å². The number of rotatable bonds is 4. The average Bonchev–Trinajstić information content (AvgIpc) is 2.38. The summed E-state index contributed by atoms with van der Waals surface area (Å²) >= 11 is 0. The molecule has 0 radical (unpaired) electrons. The Morgan fingerprint density at radius 1 is 1.28 bits per heavy atom. The lowest BCUT2D eigenvalue weighted by molar-refractivity contribution is 0.326. The number of benzene rings is 2. The molecule has 2 aromatic rings. The van der Waals surface area contributed by atoms with Crippen LogP contribution in [0.5, 0.6) is 5.75 Å². The maximum absolute atomic E-state index is 5.99. The van der Waals surface area contributed by atoms with Crippen LogP contribution in [0.1, 0.15) is 24.9 Å². The Hall–Kier alpha value is -1.98. The van der Waals surface area contributed by atoms with Crippen LogP contribution in [0.25, 0.3) is 10.8 Å². The summed E-state index contributed by atoms with van der Waals surface area (Å²) in [4.78, 5) is 0. The molecule has 0 aromatic heterocycles. The van der Waals surface area contributed by atoms with Crippen molar-refractivity contribution in [3.63, 3.8) is 0 Å². The molecule has 0 saturated carbocycles. The fraction of sp³-hybridized carbons (Fsp3) is 0.250. The van der Waals surface area contributed by atoms with Gasteiger partial charge >= 0.3 is 0 Å². The highest BCUT2D eigenvalue weighted by molar-refractivity contribution is 5.89. The normalized spacial score (nSPS) is 12.1.